The molecule has 2 aliphatic rings. The molecule has 0 amide bonds. The summed E-state index contributed by atoms with van der Waals surface area (Å²) in [6.07, 6.45) is 1.58. The van der Waals surface area contributed by atoms with Crippen LogP contribution in [0.2, 0.25) is 5.02 Å². The van der Waals surface area contributed by atoms with Crippen molar-refractivity contribution in [1.29, 1.82) is 0 Å². The minimum absolute atomic E-state index is 0.363. The van der Waals surface area contributed by atoms with E-state index in [1.807, 2.05) is 36.4 Å². The van der Waals surface area contributed by atoms with Gasteiger partial charge in [0.25, 0.3) is 0 Å². The van der Waals surface area contributed by atoms with Gasteiger partial charge in [-0.05, 0) is 24.3 Å². The normalized spacial score (nSPS) is 17.0. The van der Waals surface area contributed by atoms with Gasteiger partial charge in [0, 0.05) is 31.7 Å². The highest BCUT2D eigenvalue weighted by atomic mass is 35.5. The maximum atomic E-state index is 6.26. The van der Waals surface area contributed by atoms with Crippen LogP contribution >= 0.6 is 11.6 Å². The van der Waals surface area contributed by atoms with Crippen molar-refractivity contribution >= 4 is 35.7 Å². The zero-order valence-corrected chi connectivity index (χ0v) is 18.7. The number of halogens is 1. The molecule has 1 N–H and O–H groups in total. The summed E-state index contributed by atoms with van der Waals surface area (Å²) >= 11 is 6.26. The average Bonchev–Trinajstić information content (AvgIpc) is 3.34. The van der Waals surface area contributed by atoms with Gasteiger partial charge in [0.1, 0.15) is 11.5 Å². The molecule has 172 valence electrons. The topological polar surface area (TPSA) is 101 Å². The molecule has 2 aliphatic heterocycles. The van der Waals surface area contributed by atoms with Gasteiger partial charge in [-0.3, -0.25) is 0 Å². The molecule has 0 radical (unpaired) electrons. The summed E-state index contributed by atoms with van der Waals surface area (Å²) in [5, 5.41) is 4.90. The second kappa shape index (κ2) is 10.2. The highest BCUT2D eigenvalue weighted by Gasteiger charge is 2.20. The van der Waals surface area contributed by atoms with E-state index in [1.165, 1.54) is 0 Å². The number of benzene rings is 1. The quantitative estimate of drug-likeness (QED) is 0.431. The van der Waals surface area contributed by atoms with E-state index in [0.717, 1.165) is 31.7 Å². The van der Waals surface area contributed by atoms with Crippen molar-refractivity contribution < 1.29 is 13.9 Å². The van der Waals surface area contributed by atoms with E-state index in [9.17, 15) is 0 Å². The Bertz CT molecular complexity index is 1070. The first-order valence-electron chi connectivity index (χ1n) is 10.8. The molecule has 2 fully saturated rings. The SMILES string of the molecule is Clc1ccccc1-c1ccc(C=NNc2nc(N3CCOCC3)nc(N3CCOCC3)n2)o1. The van der Waals surface area contributed by atoms with E-state index in [1.54, 1.807) is 6.21 Å². The molecule has 3 aromatic rings. The maximum Gasteiger partial charge on any atom is 0.250 e. The Morgan fingerprint density at radius 1 is 0.848 bits per heavy atom. The number of morpholine rings is 2. The molecule has 10 nitrogen and oxygen atoms in total. The van der Waals surface area contributed by atoms with Gasteiger partial charge in [-0.25, -0.2) is 5.43 Å². The molecular formula is C22H24ClN7O3. The van der Waals surface area contributed by atoms with Crippen LogP contribution in [-0.2, 0) is 9.47 Å². The zero-order chi connectivity index (χ0) is 22.5. The lowest BCUT2D eigenvalue weighted by molar-refractivity contribution is 0.121. The molecule has 1 aromatic carbocycles. The summed E-state index contributed by atoms with van der Waals surface area (Å²) in [4.78, 5) is 18.0. The molecule has 0 aliphatic carbocycles. The molecule has 4 heterocycles. The van der Waals surface area contributed by atoms with E-state index in [0.29, 0.717) is 60.8 Å². The maximum absolute atomic E-state index is 6.26. The van der Waals surface area contributed by atoms with E-state index < -0.39 is 0 Å². The van der Waals surface area contributed by atoms with E-state index >= 15 is 0 Å². The lowest BCUT2D eigenvalue weighted by Gasteiger charge is -2.30. The molecule has 33 heavy (non-hydrogen) atoms. The lowest BCUT2D eigenvalue weighted by Crippen LogP contribution is -2.40. The second-order valence-electron chi connectivity index (χ2n) is 7.51. The number of nitrogens with zero attached hydrogens (tertiary/aromatic N) is 6. The van der Waals surface area contributed by atoms with Crippen molar-refractivity contribution in [3.05, 3.63) is 47.2 Å². The first-order valence-corrected chi connectivity index (χ1v) is 11.2. The van der Waals surface area contributed by atoms with Crippen molar-refractivity contribution in [2.75, 3.05) is 67.8 Å². The predicted molar refractivity (Wildman–Crippen MR) is 126 cm³/mol. The monoisotopic (exact) mass is 469 g/mol. The number of aromatic nitrogens is 3. The Balaban J connectivity index is 1.34. The van der Waals surface area contributed by atoms with Gasteiger partial charge in [-0.2, -0.15) is 20.1 Å². The van der Waals surface area contributed by atoms with Crippen LogP contribution in [0.1, 0.15) is 5.76 Å². The van der Waals surface area contributed by atoms with Crippen molar-refractivity contribution in [1.82, 2.24) is 15.0 Å². The first kappa shape index (κ1) is 21.6. The molecule has 2 saturated heterocycles. The number of hydrazone groups is 1. The molecule has 0 saturated carbocycles. The summed E-state index contributed by atoms with van der Waals surface area (Å²) in [6.45, 7) is 5.49. The van der Waals surface area contributed by atoms with Crippen molar-refractivity contribution in [2.45, 2.75) is 0 Å². The summed E-state index contributed by atoms with van der Waals surface area (Å²) < 4.78 is 16.8. The number of anilines is 3. The van der Waals surface area contributed by atoms with Crippen LogP contribution in [0.25, 0.3) is 11.3 Å². The van der Waals surface area contributed by atoms with Gasteiger partial charge in [-0.1, -0.05) is 23.7 Å². The Morgan fingerprint density at radius 3 is 2.12 bits per heavy atom. The van der Waals surface area contributed by atoms with Gasteiger partial charge in [0.15, 0.2) is 0 Å². The van der Waals surface area contributed by atoms with E-state index in [-0.39, 0.29) is 0 Å². The van der Waals surface area contributed by atoms with Crippen molar-refractivity contribution in [2.24, 2.45) is 5.10 Å². The summed E-state index contributed by atoms with van der Waals surface area (Å²) in [7, 11) is 0. The Hall–Kier alpha value is -3.21. The fraction of sp³-hybridized carbons (Fsp3) is 0.364. The molecule has 0 unspecified atom stereocenters. The van der Waals surface area contributed by atoms with Crippen LogP contribution < -0.4 is 15.2 Å². The number of ether oxygens (including phenoxy) is 2. The summed E-state index contributed by atoms with van der Waals surface area (Å²) in [5.74, 6) is 2.82. The van der Waals surface area contributed by atoms with Gasteiger partial charge in [0.2, 0.25) is 17.8 Å². The van der Waals surface area contributed by atoms with E-state index in [2.05, 4.69) is 35.3 Å². The lowest BCUT2D eigenvalue weighted by atomic mass is 10.2. The highest BCUT2D eigenvalue weighted by Crippen LogP contribution is 2.28. The zero-order valence-electron chi connectivity index (χ0n) is 18.0. The first-order chi connectivity index (χ1) is 16.3. The van der Waals surface area contributed by atoms with Crippen LogP contribution in [0, 0.1) is 0 Å². The number of hydrogen-bond acceptors (Lipinski definition) is 10. The summed E-state index contributed by atoms with van der Waals surface area (Å²) in [6, 6.07) is 11.2. The summed E-state index contributed by atoms with van der Waals surface area (Å²) in [5.41, 5.74) is 3.75. The molecule has 0 spiro atoms. The smallest absolute Gasteiger partial charge is 0.250 e. The molecule has 0 atom stereocenters. The minimum Gasteiger partial charge on any atom is -0.455 e. The van der Waals surface area contributed by atoms with Gasteiger partial charge in [-0.15, -0.1) is 0 Å². The fourth-order valence-corrected chi connectivity index (χ4v) is 3.82. The third kappa shape index (κ3) is 5.24. The number of rotatable bonds is 6. The van der Waals surface area contributed by atoms with Gasteiger partial charge in [0.05, 0.1) is 37.7 Å². The number of nitrogens with one attached hydrogen (secondary N) is 1. The molecular weight excluding hydrogens is 446 g/mol. The van der Waals surface area contributed by atoms with Crippen LogP contribution in [0.3, 0.4) is 0 Å². The average molecular weight is 470 g/mol. The van der Waals surface area contributed by atoms with Crippen LogP contribution in [0.15, 0.2) is 45.9 Å². The molecule has 2 aromatic heterocycles. The van der Waals surface area contributed by atoms with Crippen molar-refractivity contribution in [3.63, 3.8) is 0 Å². The minimum atomic E-state index is 0.363. The molecule has 5 rings (SSSR count). The van der Waals surface area contributed by atoms with Crippen molar-refractivity contribution in [3.8, 4) is 11.3 Å². The fourth-order valence-electron chi connectivity index (χ4n) is 3.60. The Kier molecular flexibility index (Phi) is 6.66. The number of furan rings is 1. The van der Waals surface area contributed by atoms with Crippen LogP contribution in [0.5, 0.6) is 0 Å². The second-order valence-corrected chi connectivity index (χ2v) is 7.92. The predicted octanol–water partition coefficient (Wildman–Crippen LogP) is 2.90. The number of hydrogen-bond donors (Lipinski definition) is 1. The van der Waals surface area contributed by atoms with E-state index in [4.69, 9.17) is 25.5 Å². The third-order valence-corrected chi connectivity index (χ3v) is 5.65. The molecule has 11 heteroatoms. The van der Waals surface area contributed by atoms with Gasteiger partial charge >= 0.3 is 0 Å². The third-order valence-electron chi connectivity index (χ3n) is 5.32. The van der Waals surface area contributed by atoms with Gasteiger partial charge < -0.3 is 23.7 Å². The van der Waals surface area contributed by atoms with Crippen LogP contribution in [0.4, 0.5) is 17.8 Å². The Morgan fingerprint density at radius 2 is 1.48 bits per heavy atom. The highest BCUT2D eigenvalue weighted by molar-refractivity contribution is 6.33. The van der Waals surface area contributed by atoms with Crippen LogP contribution in [-0.4, -0.2) is 73.8 Å². The Labute approximate surface area is 196 Å². The standard InChI is InChI=1S/C22H24ClN7O3/c23-18-4-2-1-3-17(18)19-6-5-16(33-19)15-24-28-20-25-21(29-7-11-31-12-8-29)27-22(26-20)30-9-13-32-14-10-30/h1-6,15H,7-14H2,(H,25,26,27,28). The molecule has 0 bridgehead atoms. The largest absolute Gasteiger partial charge is 0.455 e.